The van der Waals surface area contributed by atoms with Gasteiger partial charge in [-0.2, -0.15) is 0 Å². The summed E-state index contributed by atoms with van der Waals surface area (Å²) >= 11 is 6.03. The van der Waals surface area contributed by atoms with Gasteiger partial charge >= 0.3 is 6.03 Å². The molecule has 1 fully saturated rings. The van der Waals surface area contributed by atoms with Crippen LogP contribution in [-0.2, 0) is 21.5 Å². The highest BCUT2D eigenvalue weighted by Gasteiger charge is 2.55. The molecule has 0 bridgehead atoms. The molecule has 2 N–H and O–H groups in total. The lowest BCUT2D eigenvalue weighted by Crippen LogP contribution is -2.44. The maximum absolute atomic E-state index is 13.3. The van der Waals surface area contributed by atoms with Gasteiger partial charge in [0.1, 0.15) is 12.1 Å². The van der Waals surface area contributed by atoms with Gasteiger partial charge in [0, 0.05) is 5.02 Å². The van der Waals surface area contributed by atoms with Gasteiger partial charge in [-0.05, 0) is 47.2 Å². The Kier molecular flexibility index (Phi) is 5.38. The van der Waals surface area contributed by atoms with Crippen LogP contribution in [0.3, 0.4) is 0 Å². The number of halogens is 1. The highest BCUT2D eigenvalue weighted by molar-refractivity contribution is 6.30. The van der Waals surface area contributed by atoms with E-state index in [0.29, 0.717) is 17.9 Å². The molecule has 0 radical (unpaired) electrons. The van der Waals surface area contributed by atoms with Crippen LogP contribution < -0.4 is 10.6 Å². The molecule has 3 aromatic carbocycles. The number of imide groups is 1. The van der Waals surface area contributed by atoms with Gasteiger partial charge in [-0.1, -0.05) is 78.3 Å². The summed E-state index contributed by atoms with van der Waals surface area (Å²) in [5.41, 5.74) is 2.51. The lowest BCUT2D eigenvalue weighted by atomic mass is 9.92. The number of nitrogens with one attached hydrogen (secondary N) is 2. The van der Waals surface area contributed by atoms with Crippen molar-refractivity contribution in [2.24, 2.45) is 0 Å². The van der Waals surface area contributed by atoms with Crippen molar-refractivity contribution in [3.05, 3.63) is 106 Å². The molecule has 4 amide bonds. The Morgan fingerprint density at radius 1 is 0.970 bits per heavy atom. The Morgan fingerprint density at radius 3 is 2.39 bits per heavy atom. The van der Waals surface area contributed by atoms with Gasteiger partial charge < -0.3 is 10.6 Å². The van der Waals surface area contributed by atoms with E-state index in [9.17, 15) is 14.4 Å². The van der Waals surface area contributed by atoms with E-state index < -0.39 is 23.5 Å². The standard InChI is InChI=1S/C26H22ClN3O3/c27-20-12-10-19(11-13-20)23(18-7-2-1-3-8-18)28-22(31)16-30-24(32)26(29-25(30)33)15-14-17-6-4-5-9-21(17)26/h1-13,23H,14-16H2,(H,28,31)(H,29,33)/t23-,26+/m1/s1. The van der Waals surface area contributed by atoms with Crippen LogP contribution in [-0.4, -0.2) is 29.3 Å². The molecular formula is C26H22ClN3O3. The van der Waals surface area contributed by atoms with E-state index in [1.807, 2.05) is 66.7 Å². The number of amides is 4. The summed E-state index contributed by atoms with van der Waals surface area (Å²) in [6.45, 7) is -0.356. The van der Waals surface area contributed by atoms with Crippen molar-refractivity contribution in [1.82, 2.24) is 15.5 Å². The summed E-state index contributed by atoms with van der Waals surface area (Å²) in [6, 6.07) is 23.4. The normalized spacial score (nSPS) is 20.0. The molecule has 0 aromatic heterocycles. The molecule has 5 rings (SSSR count). The first-order valence-corrected chi connectivity index (χ1v) is 11.2. The number of benzene rings is 3. The smallest absolute Gasteiger partial charge is 0.325 e. The van der Waals surface area contributed by atoms with Gasteiger partial charge in [-0.25, -0.2) is 4.79 Å². The predicted octanol–water partition coefficient (Wildman–Crippen LogP) is 3.94. The summed E-state index contributed by atoms with van der Waals surface area (Å²) in [6.07, 6.45) is 1.20. The van der Waals surface area contributed by atoms with Crippen LogP contribution in [0.15, 0.2) is 78.9 Å². The quantitative estimate of drug-likeness (QED) is 0.567. The number of carbonyl (C=O) groups excluding carboxylic acids is 3. The van der Waals surface area contributed by atoms with Crippen LogP contribution in [0.2, 0.25) is 5.02 Å². The maximum Gasteiger partial charge on any atom is 0.325 e. The van der Waals surface area contributed by atoms with Crippen molar-refractivity contribution in [3.8, 4) is 0 Å². The molecule has 1 aliphatic heterocycles. The number of nitrogens with zero attached hydrogens (tertiary/aromatic N) is 1. The molecule has 166 valence electrons. The van der Waals surface area contributed by atoms with Crippen LogP contribution >= 0.6 is 11.6 Å². The molecule has 33 heavy (non-hydrogen) atoms. The van der Waals surface area contributed by atoms with Crippen LogP contribution in [0.1, 0.15) is 34.7 Å². The molecule has 7 heteroatoms. The fraction of sp³-hybridized carbons (Fsp3) is 0.192. The fourth-order valence-electron chi connectivity index (χ4n) is 4.74. The molecule has 0 unspecified atom stereocenters. The average Bonchev–Trinajstić information content (AvgIpc) is 3.32. The minimum atomic E-state index is -1.08. The van der Waals surface area contributed by atoms with E-state index in [0.717, 1.165) is 27.2 Å². The van der Waals surface area contributed by atoms with Crippen LogP contribution in [0, 0.1) is 0 Å². The summed E-state index contributed by atoms with van der Waals surface area (Å²) in [7, 11) is 0. The topological polar surface area (TPSA) is 78.5 Å². The second-order valence-corrected chi connectivity index (χ2v) is 8.78. The summed E-state index contributed by atoms with van der Waals surface area (Å²) < 4.78 is 0. The molecule has 1 spiro atoms. The van der Waals surface area contributed by atoms with E-state index in [2.05, 4.69) is 10.6 Å². The van der Waals surface area contributed by atoms with Crippen molar-refractivity contribution < 1.29 is 14.4 Å². The van der Waals surface area contributed by atoms with Gasteiger partial charge in [0.15, 0.2) is 0 Å². The molecule has 3 aromatic rings. The van der Waals surface area contributed by atoms with Crippen LogP contribution in [0.25, 0.3) is 0 Å². The fourth-order valence-corrected chi connectivity index (χ4v) is 4.87. The minimum absolute atomic E-state index is 0.356. The summed E-state index contributed by atoms with van der Waals surface area (Å²) in [5.74, 6) is -0.805. The number of rotatable bonds is 5. The Balaban J connectivity index is 1.37. The van der Waals surface area contributed by atoms with Crippen molar-refractivity contribution in [2.45, 2.75) is 24.4 Å². The van der Waals surface area contributed by atoms with Crippen molar-refractivity contribution in [1.29, 1.82) is 0 Å². The van der Waals surface area contributed by atoms with E-state index >= 15 is 0 Å². The highest BCUT2D eigenvalue weighted by Crippen LogP contribution is 2.41. The largest absolute Gasteiger partial charge is 0.344 e. The first-order chi connectivity index (χ1) is 16.0. The number of carbonyl (C=O) groups is 3. The van der Waals surface area contributed by atoms with Gasteiger partial charge in [0.05, 0.1) is 6.04 Å². The third-order valence-corrected chi connectivity index (χ3v) is 6.62. The third-order valence-electron chi connectivity index (χ3n) is 6.37. The van der Waals surface area contributed by atoms with Crippen molar-refractivity contribution in [2.75, 3.05) is 6.54 Å². The molecule has 2 aliphatic rings. The molecular weight excluding hydrogens is 438 g/mol. The van der Waals surface area contributed by atoms with Crippen molar-refractivity contribution in [3.63, 3.8) is 0 Å². The first kappa shape index (κ1) is 21.2. The van der Waals surface area contributed by atoms with Crippen LogP contribution in [0.4, 0.5) is 4.79 Å². The second kappa shape index (κ2) is 8.37. The number of urea groups is 1. The average molecular weight is 460 g/mol. The molecule has 2 atom stereocenters. The number of fused-ring (bicyclic) bond motifs is 2. The van der Waals surface area contributed by atoms with Gasteiger partial charge in [0.25, 0.3) is 5.91 Å². The zero-order valence-electron chi connectivity index (χ0n) is 17.8. The number of hydrogen-bond acceptors (Lipinski definition) is 3. The van der Waals surface area contributed by atoms with E-state index in [-0.39, 0.29) is 12.5 Å². The lowest BCUT2D eigenvalue weighted by Gasteiger charge is -2.23. The zero-order valence-corrected chi connectivity index (χ0v) is 18.5. The Hall–Kier alpha value is -3.64. The Morgan fingerprint density at radius 2 is 1.64 bits per heavy atom. The van der Waals surface area contributed by atoms with Gasteiger partial charge in [0.2, 0.25) is 5.91 Å². The maximum atomic E-state index is 13.3. The number of hydrogen-bond donors (Lipinski definition) is 2. The molecule has 1 aliphatic carbocycles. The molecule has 1 saturated heterocycles. The Labute approximate surface area is 196 Å². The van der Waals surface area contributed by atoms with Crippen LogP contribution in [0.5, 0.6) is 0 Å². The molecule has 0 saturated carbocycles. The molecule has 6 nitrogen and oxygen atoms in total. The summed E-state index contributed by atoms with van der Waals surface area (Å²) in [4.78, 5) is 40.2. The lowest BCUT2D eigenvalue weighted by molar-refractivity contribution is -0.135. The van der Waals surface area contributed by atoms with Gasteiger partial charge in [-0.3, -0.25) is 14.5 Å². The van der Waals surface area contributed by atoms with Gasteiger partial charge in [-0.15, -0.1) is 0 Å². The molecule has 1 heterocycles. The van der Waals surface area contributed by atoms with E-state index in [4.69, 9.17) is 11.6 Å². The van der Waals surface area contributed by atoms with E-state index in [1.165, 1.54) is 0 Å². The number of aryl methyl sites for hydroxylation is 1. The third kappa shape index (κ3) is 3.76. The highest BCUT2D eigenvalue weighted by atomic mass is 35.5. The summed E-state index contributed by atoms with van der Waals surface area (Å²) in [5, 5.41) is 6.43. The van der Waals surface area contributed by atoms with Crippen molar-refractivity contribution >= 4 is 29.4 Å². The predicted molar refractivity (Wildman–Crippen MR) is 125 cm³/mol. The Bertz CT molecular complexity index is 1230. The van der Waals surface area contributed by atoms with E-state index in [1.54, 1.807) is 12.1 Å². The second-order valence-electron chi connectivity index (χ2n) is 8.35. The SMILES string of the molecule is O=C(CN1C(=O)N[C@]2(CCc3ccccc32)C1=O)N[C@H](c1ccccc1)c1ccc(Cl)cc1. The zero-order chi connectivity index (χ0) is 23.0. The minimum Gasteiger partial charge on any atom is -0.344 e. The monoisotopic (exact) mass is 459 g/mol. The first-order valence-electron chi connectivity index (χ1n) is 10.8.